The second kappa shape index (κ2) is 6.79. The van der Waals surface area contributed by atoms with Gasteiger partial charge in [0.15, 0.2) is 0 Å². The predicted octanol–water partition coefficient (Wildman–Crippen LogP) is 3.39. The molecule has 1 heterocycles. The molecule has 5 nitrogen and oxygen atoms in total. The Bertz CT molecular complexity index is 838. The highest BCUT2D eigenvalue weighted by Crippen LogP contribution is 2.18. The quantitative estimate of drug-likeness (QED) is 0.561. The molecule has 1 aromatic heterocycles. The van der Waals surface area contributed by atoms with Crippen LogP contribution in [0.25, 0.3) is 10.8 Å². The van der Waals surface area contributed by atoms with E-state index in [-0.39, 0.29) is 12.5 Å². The van der Waals surface area contributed by atoms with E-state index in [1.807, 2.05) is 36.4 Å². The Hall–Kier alpha value is -3.08. The SMILES string of the molecule is C/C(=N/NC(=O)CNc1ccc2ccccc2c1)c1ccco1. The van der Waals surface area contributed by atoms with E-state index in [2.05, 4.69) is 21.9 Å². The zero-order valence-electron chi connectivity index (χ0n) is 12.7. The maximum Gasteiger partial charge on any atom is 0.259 e. The summed E-state index contributed by atoms with van der Waals surface area (Å²) < 4.78 is 5.20. The van der Waals surface area contributed by atoms with Crippen LogP contribution in [0.5, 0.6) is 0 Å². The highest BCUT2D eigenvalue weighted by molar-refractivity contribution is 5.97. The molecule has 1 amide bonds. The van der Waals surface area contributed by atoms with Crippen LogP contribution in [0.15, 0.2) is 70.4 Å². The predicted molar refractivity (Wildman–Crippen MR) is 91.5 cm³/mol. The van der Waals surface area contributed by atoms with Gasteiger partial charge in [-0.2, -0.15) is 5.10 Å². The number of nitrogens with zero attached hydrogens (tertiary/aromatic N) is 1. The van der Waals surface area contributed by atoms with Crippen molar-refractivity contribution in [1.82, 2.24) is 5.43 Å². The zero-order chi connectivity index (χ0) is 16.1. The largest absolute Gasteiger partial charge is 0.463 e. The van der Waals surface area contributed by atoms with Crippen LogP contribution in [0.2, 0.25) is 0 Å². The molecular formula is C18H17N3O2. The second-order valence-corrected chi connectivity index (χ2v) is 5.12. The van der Waals surface area contributed by atoms with Crippen LogP contribution in [0.1, 0.15) is 12.7 Å². The monoisotopic (exact) mass is 307 g/mol. The fourth-order valence-electron chi connectivity index (χ4n) is 2.21. The van der Waals surface area contributed by atoms with Crippen molar-refractivity contribution in [3.63, 3.8) is 0 Å². The molecule has 0 radical (unpaired) electrons. The highest BCUT2D eigenvalue weighted by Gasteiger charge is 2.03. The number of carbonyl (C=O) groups excluding carboxylic acids is 1. The van der Waals surface area contributed by atoms with Crippen LogP contribution in [0, 0.1) is 0 Å². The van der Waals surface area contributed by atoms with Crippen LogP contribution in [-0.4, -0.2) is 18.2 Å². The van der Waals surface area contributed by atoms with E-state index in [1.165, 1.54) is 5.39 Å². The van der Waals surface area contributed by atoms with Gasteiger partial charge in [0.05, 0.1) is 12.8 Å². The second-order valence-electron chi connectivity index (χ2n) is 5.12. The summed E-state index contributed by atoms with van der Waals surface area (Å²) in [4.78, 5) is 11.8. The maximum atomic E-state index is 11.8. The number of rotatable bonds is 5. The van der Waals surface area contributed by atoms with E-state index in [4.69, 9.17) is 4.42 Å². The summed E-state index contributed by atoms with van der Waals surface area (Å²) in [7, 11) is 0. The average molecular weight is 307 g/mol. The molecule has 0 aliphatic carbocycles. The van der Waals surface area contributed by atoms with Gasteiger partial charge < -0.3 is 9.73 Å². The Morgan fingerprint density at radius 2 is 1.91 bits per heavy atom. The standard InChI is InChI=1S/C18H17N3O2/c1-13(17-7-4-10-23-17)20-21-18(22)12-19-16-9-8-14-5-2-3-6-15(14)11-16/h2-11,19H,12H2,1H3,(H,21,22)/b20-13-. The van der Waals surface area contributed by atoms with Crippen LogP contribution in [0.4, 0.5) is 5.69 Å². The lowest BCUT2D eigenvalue weighted by Crippen LogP contribution is -2.26. The third kappa shape index (κ3) is 3.77. The van der Waals surface area contributed by atoms with E-state index in [1.54, 1.807) is 25.3 Å². The molecule has 116 valence electrons. The number of furan rings is 1. The molecule has 0 saturated heterocycles. The Labute approximate surface area is 134 Å². The molecule has 3 rings (SSSR count). The Balaban J connectivity index is 1.56. The molecule has 0 saturated carbocycles. The first kappa shape index (κ1) is 14.8. The molecule has 0 aliphatic heterocycles. The Morgan fingerprint density at radius 3 is 2.70 bits per heavy atom. The van der Waals surface area contributed by atoms with Crippen molar-refractivity contribution in [2.75, 3.05) is 11.9 Å². The number of anilines is 1. The van der Waals surface area contributed by atoms with Gasteiger partial charge in [0.25, 0.3) is 5.91 Å². The summed E-state index contributed by atoms with van der Waals surface area (Å²) in [6, 6.07) is 17.6. The molecule has 0 spiro atoms. The van der Waals surface area contributed by atoms with Gasteiger partial charge in [-0.05, 0) is 42.0 Å². The minimum absolute atomic E-state index is 0.146. The molecule has 0 fully saturated rings. The van der Waals surface area contributed by atoms with Gasteiger partial charge >= 0.3 is 0 Å². The Morgan fingerprint density at radius 1 is 1.09 bits per heavy atom. The number of hydrogen-bond donors (Lipinski definition) is 2. The fraction of sp³-hybridized carbons (Fsp3) is 0.111. The number of fused-ring (bicyclic) bond motifs is 1. The van der Waals surface area contributed by atoms with Crippen molar-refractivity contribution < 1.29 is 9.21 Å². The zero-order valence-corrected chi connectivity index (χ0v) is 12.7. The van der Waals surface area contributed by atoms with E-state index < -0.39 is 0 Å². The van der Waals surface area contributed by atoms with Crippen LogP contribution in [-0.2, 0) is 4.79 Å². The Kier molecular flexibility index (Phi) is 4.38. The van der Waals surface area contributed by atoms with Crippen molar-refractivity contribution in [2.24, 2.45) is 5.10 Å². The fourth-order valence-corrected chi connectivity index (χ4v) is 2.21. The van der Waals surface area contributed by atoms with Crippen molar-refractivity contribution in [3.05, 3.63) is 66.6 Å². The number of carbonyl (C=O) groups is 1. The van der Waals surface area contributed by atoms with Crippen LogP contribution in [0.3, 0.4) is 0 Å². The van der Waals surface area contributed by atoms with E-state index in [9.17, 15) is 4.79 Å². The minimum Gasteiger partial charge on any atom is -0.463 e. The first-order chi connectivity index (χ1) is 11.2. The van der Waals surface area contributed by atoms with Gasteiger partial charge in [0.1, 0.15) is 11.5 Å². The molecule has 2 aromatic carbocycles. The molecule has 2 N–H and O–H groups in total. The van der Waals surface area contributed by atoms with Gasteiger partial charge in [-0.15, -0.1) is 0 Å². The van der Waals surface area contributed by atoms with Gasteiger partial charge in [-0.25, -0.2) is 5.43 Å². The molecule has 23 heavy (non-hydrogen) atoms. The highest BCUT2D eigenvalue weighted by atomic mass is 16.3. The summed E-state index contributed by atoms with van der Waals surface area (Å²) in [5.41, 5.74) is 4.02. The number of benzene rings is 2. The third-order valence-electron chi connectivity index (χ3n) is 3.43. The van der Waals surface area contributed by atoms with Gasteiger partial charge in [0.2, 0.25) is 0 Å². The molecule has 3 aromatic rings. The lowest BCUT2D eigenvalue weighted by Gasteiger charge is -2.07. The van der Waals surface area contributed by atoms with Gasteiger partial charge in [-0.1, -0.05) is 30.3 Å². The number of hydrazone groups is 1. The maximum absolute atomic E-state index is 11.8. The molecule has 0 aliphatic rings. The van der Waals surface area contributed by atoms with Crippen molar-refractivity contribution in [1.29, 1.82) is 0 Å². The number of nitrogens with one attached hydrogen (secondary N) is 2. The van der Waals surface area contributed by atoms with Crippen LogP contribution >= 0.6 is 0 Å². The summed E-state index contributed by atoms with van der Waals surface area (Å²) in [5.74, 6) is 0.414. The van der Waals surface area contributed by atoms with Gasteiger partial charge in [-0.3, -0.25) is 4.79 Å². The first-order valence-electron chi connectivity index (χ1n) is 7.32. The van der Waals surface area contributed by atoms with Gasteiger partial charge in [0, 0.05) is 5.69 Å². The molecule has 0 atom stereocenters. The minimum atomic E-state index is -0.218. The molecular weight excluding hydrogens is 290 g/mol. The normalized spacial score (nSPS) is 11.4. The summed E-state index contributed by atoms with van der Waals surface area (Å²) in [5, 5.41) is 9.40. The average Bonchev–Trinajstić information content (AvgIpc) is 3.12. The van der Waals surface area contributed by atoms with Crippen LogP contribution < -0.4 is 10.7 Å². The lowest BCUT2D eigenvalue weighted by molar-refractivity contribution is -0.119. The molecule has 0 bridgehead atoms. The van der Waals surface area contributed by atoms with E-state index in [0.717, 1.165) is 11.1 Å². The summed E-state index contributed by atoms with van der Waals surface area (Å²) in [6.07, 6.45) is 1.57. The first-order valence-corrected chi connectivity index (χ1v) is 7.32. The third-order valence-corrected chi connectivity index (χ3v) is 3.43. The topological polar surface area (TPSA) is 66.6 Å². The summed E-state index contributed by atoms with van der Waals surface area (Å²) >= 11 is 0. The number of amides is 1. The number of hydrogen-bond acceptors (Lipinski definition) is 4. The molecule has 5 heteroatoms. The van der Waals surface area contributed by atoms with Crippen molar-refractivity contribution >= 4 is 28.1 Å². The molecule has 0 unspecified atom stereocenters. The van der Waals surface area contributed by atoms with Crippen molar-refractivity contribution in [2.45, 2.75) is 6.92 Å². The summed E-state index contributed by atoms with van der Waals surface area (Å²) in [6.45, 7) is 1.92. The lowest BCUT2D eigenvalue weighted by atomic mass is 10.1. The van der Waals surface area contributed by atoms with Crippen molar-refractivity contribution in [3.8, 4) is 0 Å². The van der Waals surface area contributed by atoms with E-state index in [0.29, 0.717) is 11.5 Å². The smallest absolute Gasteiger partial charge is 0.259 e. The van der Waals surface area contributed by atoms with E-state index >= 15 is 0 Å².